The molecule has 1 heterocycles. The highest BCUT2D eigenvalue weighted by Crippen LogP contribution is 2.28. The maximum Gasteiger partial charge on any atom is 0.337 e. The van der Waals surface area contributed by atoms with Crippen molar-refractivity contribution in [3.63, 3.8) is 0 Å². The summed E-state index contributed by atoms with van der Waals surface area (Å²) in [5, 5.41) is 10.4. The molecule has 0 aliphatic carbocycles. The number of aromatic carboxylic acids is 1. The standard InChI is InChI=1S/C15H20N2O2/c1-10(2)17-9-11(5-4-8-16)12-6-3-7-13(14(12)17)15(18)19/h3,6-7,9-10H,4-5,8,16H2,1-2H3,(H,18,19). The van der Waals surface area contributed by atoms with Crippen LogP contribution in [0.25, 0.3) is 10.9 Å². The minimum atomic E-state index is -0.879. The Kier molecular flexibility index (Phi) is 3.90. The fourth-order valence-electron chi connectivity index (χ4n) is 2.45. The number of benzene rings is 1. The molecular formula is C15H20N2O2. The zero-order valence-corrected chi connectivity index (χ0v) is 11.4. The number of carboxylic acids is 1. The maximum absolute atomic E-state index is 11.4. The van der Waals surface area contributed by atoms with Crippen molar-refractivity contribution >= 4 is 16.9 Å². The van der Waals surface area contributed by atoms with E-state index >= 15 is 0 Å². The maximum atomic E-state index is 11.4. The van der Waals surface area contributed by atoms with E-state index in [9.17, 15) is 9.90 Å². The van der Waals surface area contributed by atoms with Crippen LogP contribution in [0.5, 0.6) is 0 Å². The lowest BCUT2D eigenvalue weighted by Crippen LogP contribution is -2.04. The van der Waals surface area contributed by atoms with Crippen LogP contribution in [0.3, 0.4) is 0 Å². The average Bonchev–Trinajstić information content (AvgIpc) is 2.75. The number of carbonyl (C=O) groups is 1. The molecular weight excluding hydrogens is 240 g/mol. The number of fused-ring (bicyclic) bond motifs is 1. The first-order valence-electron chi connectivity index (χ1n) is 6.62. The van der Waals surface area contributed by atoms with E-state index in [4.69, 9.17) is 5.73 Å². The molecule has 0 saturated carbocycles. The summed E-state index contributed by atoms with van der Waals surface area (Å²) in [6.07, 6.45) is 3.86. The smallest absolute Gasteiger partial charge is 0.337 e. The summed E-state index contributed by atoms with van der Waals surface area (Å²) in [7, 11) is 0. The number of carboxylic acid groups (broad SMARTS) is 1. The van der Waals surface area contributed by atoms with Gasteiger partial charge in [-0.1, -0.05) is 12.1 Å². The third kappa shape index (κ3) is 2.49. The molecule has 0 radical (unpaired) electrons. The van der Waals surface area contributed by atoms with Gasteiger partial charge in [-0.2, -0.15) is 0 Å². The zero-order chi connectivity index (χ0) is 14.0. The van der Waals surface area contributed by atoms with Crippen LogP contribution in [0.15, 0.2) is 24.4 Å². The van der Waals surface area contributed by atoms with E-state index in [-0.39, 0.29) is 6.04 Å². The second-order valence-corrected chi connectivity index (χ2v) is 5.05. The topological polar surface area (TPSA) is 68.2 Å². The van der Waals surface area contributed by atoms with Gasteiger partial charge in [0.25, 0.3) is 0 Å². The molecule has 0 fully saturated rings. The number of aromatic nitrogens is 1. The molecule has 4 heteroatoms. The van der Waals surface area contributed by atoms with Crippen molar-refractivity contribution in [3.05, 3.63) is 35.5 Å². The second kappa shape index (κ2) is 5.45. The highest BCUT2D eigenvalue weighted by molar-refractivity contribution is 6.03. The van der Waals surface area contributed by atoms with Crippen molar-refractivity contribution in [3.8, 4) is 0 Å². The van der Waals surface area contributed by atoms with Gasteiger partial charge in [-0.05, 0) is 44.9 Å². The quantitative estimate of drug-likeness (QED) is 0.868. The third-order valence-corrected chi connectivity index (χ3v) is 3.37. The predicted molar refractivity (Wildman–Crippen MR) is 76.7 cm³/mol. The second-order valence-electron chi connectivity index (χ2n) is 5.05. The van der Waals surface area contributed by atoms with Gasteiger partial charge in [-0.15, -0.1) is 0 Å². The summed E-state index contributed by atoms with van der Waals surface area (Å²) in [5.74, 6) is -0.879. The molecule has 1 aromatic carbocycles. The van der Waals surface area contributed by atoms with E-state index < -0.39 is 5.97 Å². The molecule has 0 aliphatic rings. The number of rotatable bonds is 5. The van der Waals surface area contributed by atoms with Gasteiger partial charge in [-0.25, -0.2) is 4.79 Å². The van der Waals surface area contributed by atoms with Crippen LogP contribution in [0.4, 0.5) is 0 Å². The Morgan fingerprint density at radius 1 is 1.42 bits per heavy atom. The van der Waals surface area contributed by atoms with Crippen molar-refractivity contribution < 1.29 is 9.90 Å². The van der Waals surface area contributed by atoms with Crippen LogP contribution in [0, 0.1) is 0 Å². The van der Waals surface area contributed by atoms with Gasteiger partial charge >= 0.3 is 5.97 Å². The summed E-state index contributed by atoms with van der Waals surface area (Å²) in [4.78, 5) is 11.4. The molecule has 0 unspecified atom stereocenters. The summed E-state index contributed by atoms with van der Waals surface area (Å²) < 4.78 is 2.05. The van der Waals surface area contributed by atoms with E-state index in [2.05, 4.69) is 20.0 Å². The highest BCUT2D eigenvalue weighted by Gasteiger charge is 2.16. The van der Waals surface area contributed by atoms with Crippen molar-refractivity contribution in [2.75, 3.05) is 6.54 Å². The van der Waals surface area contributed by atoms with E-state index in [1.807, 2.05) is 16.7 Å². The molecule has 102 valence electrons. The van der Waals surface area contributed by atoms with Crippen molar-refractivity contribution in [1.29, 1.82) is 0 Å². The lowest BCUT2D eigenvalue weighted by atomic mass is 10.1. The van der Waals surface area contributed by atoms with E-state index in [0.717, 1.165) is 23.7 Å². The van der Waals surface area contributed by atoms with E-state index in [0.29, 0.717) is 12.1 Å². The first-order chi connectivity index (χ1) is 9.06. The van der Waals surface area contributed by atoms with Crippen LogP contribution in [0.2, 0.25) is 0 Å². The molecule has 0 bridgehead atoms. The minimum absolute atomic E-state index is 0.231. The van der Waals surface area contributed by atoms with Crippen molar-refractivity contribution in [2.45, 2.75) is 32.7 Å². The molecule has 2 aromatic rings. The fourth-order valence-corrected chi connectivity index (χ4v) is 2.45. The van der Waals surface area contributed by atoms with E-state index in [1.54, 1.807) is 6.07 Å². The summed E-state index contributed by atoms with van der Waals surface area (Å²) in [6, 6.07) is 5.69. The van der Waals surface area contributed by atoms with Gasteiger partial charge in [0, 0.05) is 17.6 Å². The summed E-state index contributed by atoms with van der Waals surface area (Å²) >= 11 is 0. The number of aryl methyl sites for hydroxylation is 1. The van der Waals surface area contributed by atoms with Gasteiger partial charge < -0.3 is 15.4 Å². The average molecular weight is 260 g/mol. The van der Waals surface area contributed by atoms with Crippen LogP contribution < -0.4 is 5.73 Å². The number of nitrogens with two attached hydrogens (primary N) is 1. The van der Waals surface area contributed by atoms with Gasteiger partial charge in [0.05, 0.1) is 11.1 Å². The molecule has 0 saturated heterocycles. The molecule has 19 heavy (non-hydrogen) atoms. The first kappa shape index (κ1) is 13.6. The number of nitrogens with zero attached hydrogens (tertiary/aromatic N) is 1. The lowest BCUT2D eigenvalue weighted by molar-refractivity contribution is 0.0698. The molecule has 3 N–H and O–H groups in total. The molecule has 0 atom stereocenters. The molecule has 0 spiro atoms. The SMILES string of the molecule is CC(C)n1cc(CCCN)c2cccc(C(=O)O)c21. The predicted octanol–water partition coefficient (Wildman–Crippen LogP) is 2.81. The van der Waals surface area contributed by atoms with Crippen molar-refractivity contribution in [1.82, 2.24) is 4.57 Å². The Morgan fingerprint density at radius 2 is 2.16 bits per heavy atom. The Labute approximate surface area is 112 Å². The monoisotopic (exact) mass is 260 g/mol. The van der Waals surface area contributed by atoms with Crippen molar-refractivity contribution in [2.24, 2.45) is 5.73 Å². The Morgan fingerprint density at radius 3 is 2.74 bits per heavy atom. The van der Waals surface area contributed by atoms with Gasteiger partial charge in [-0.3, -0.25) is 0 Å². The van der Waals surface area contributed by atoms with Crippen LogP contribution >= 0.6 is 0 Å². The number of para-hydroxylation sites is 1. The van der Waals surface area contributed by atoms with Gasteiger partial charge in [0.1, 0.15) is 0 Å². The Bertz CT molecular complexity index is 599. The zero-order valence-electron chi connectivity index (χ0n) is 11.4. The minimum Gasteiger partial charge on any atom is -0.478 e. The van der Waals surface area contributed by atoms with E-state index in [1.165, 1.54) is 5.56 Å². The first-order valence-corrected chi connectivity index (χ1v) is 6.62. The number of hydrogen-bond donors (Lipinski definition) is 2. The van der Waals surface area contributed by atoms with Gasteiger partial charge in [0.15, 0.2) is 0 Å². The normalized spacial score (nSPS) is 11.4. The number of hydrogen-bond acceptors (Lipinski definition) is 2. The third-order valence-electron chi connectivity index (χ3n) is 3.37. The molecule has 0 amide bonds. The molecule has 0 aliphatic heterocycles. The fraction of sp³-hybridized carbons (Fsp3) is 0.400. The largest absolute Gasteiger partial charge is 0.478 e. The molecule has 1 aromatic heterocycles. The summed E-state index contributed by atoms with van der Waals surface area (Å²) in [5.41, 5.74) is 7.92. The van der Waals surface area contributed by atoms with Crippen LogP contribution in [-0.4, -0.2) is 22.2 Å². The van der Waals surface area contributed by atoms with Gasteiger partial charge in [0.2, 0.25) is 0 Å². The van der Waals surface area contributed by atoms with Crippen LogP contribution in [-0.2, 0) is 6.42 Å². The summed E-state index contributed by atoms with van der Waals surface area (Å²) in [6.45, 7) is 4.77. The lowest BCUT2D eigenvalue weighted by Gasteiger charge is -2.10. The Balaban J connectivity index is 2.67. The molecule has 2 rings (SSSR count). The highest BCUT2D eigenvalue weighted by atomic mass is 16.4. The van der Waals surface area contributed by atoms with Crippen LogP contribution in [0.1, 0.15) is 42.2 Å². The Hall–Kier alpha value is -1.81. The molecule has 4 nitrogen and oxygen atoms in total.